The van der Waals surface area contributed by atoms with Crippen LogP contribution in [0.3, 0.4) is 0 Å². The van der Waals surface area contributed by atoms with E-state index >= 15 is 0 Å². The highest BCUT2D eigenvalue weighted by atomic mass is 35.5. The minimum atomic E-state index is -5.41. The summed E-state index contributed by atoms with van der Waals surface area (Å²) in [4.78, 5) is 16.3. The lowest BCUT2D eigenvalue weighted by Crippen LogP contribution is -2.46. The molecule has 1 heterocycles. The first kappa shape index (κ1) is 20.4. The Balaban J connectivity index is 2.72. The second-order valence-corrected chi connectivity index (χ2v) is 8.67. The first-order valence-electron chi connectivity index (χ1n) is 6.93. The average molecular weight is 419 g/mol. The van der Waals surface area contributed by atoms with E-state index in [1.165, 1.54) is 18.6 Å². The summed E-state index contributed by atoms with van der Waals surface area (Å²) in [6.45, 7) is 2.96. The van der Waals surface area contributed by atoms with E-state index in [-0.39, 0.29) is 6.42 Å². The van der Waals surface area contributed by atoms with Gasteiger partial charge in [0.15, 0.2) is 5.04 Å². The number of amides is 1. The molecule has 144 valence electrons. The summed E-state index contributed by atoms with van der Waals surface area (Å²) in [6.07, 6.45) is -5.71. The van der Waals surface area contributed by atoms with Crippen LogP contribution in [0.2, 0.25) is 0 Å². The van der Waals surface area contributed by atoms with Crippen LogP contribution in [0.5, 0.6) is 0 Å². The Kier molecular flexibility index (Phi) is 5.26. The number of nitrogens with one attached hydrogen (secondary N) is 1. The molecule has 1 aromatic carbocycles. The number of oxime groups is 1. The van der Waals surface area contributed by atoms with Crippen LogP contribution in [0, 0.1) is 11.6 Å². The van der Waals surface area contributed by atoms with Crippen LogP contribution in [0.25, 0.3) is 0 Å². The SMILES string of the molecule is CC1(C)CC(S(=O)(NC(=O)C(F)(F)F)=C(Cl)c2c(F)cccc2F)=NO1. The minimum absolute atomic E-state index is 0.295. The van der Waals surface area contributed by atoms with E-state index in [1.54, 1.807) is 0 Å². The van der Waals surface area contributed by atoms with E-state index in [0.29, 0.717) is 0 Å². The Bertz CT molecular complexity index is 884. The largest absolute Gasteiger partial charge is 0.472 e. The number of benzene rings is 1. The quantitative estimate of drug-likeness (QED) is 0.433. The maximum atomic E-state index is 14.0. The minimum Gasteiger partial charge on any atom is -0.389 e. The highest BCUT2D eigenvalue weighted by Crippen LogP contribution is 2.28. The first-order valence-corrected chi connectivity index (χ1v) is 8.86. The molecule has 1 aliphatic rings. The predicted octanol–water partition coefficient (Wildman–Crippen LogP) is 3.07. The van der Waals surface area contributed by atoms with Crippen LogP contribution >= 0.6 is 11.6 Å². The van der Waals surface area contributed by atoms with E-state index in [2.05, 4.69) is 5.16 Å². The van der Waals surface area contributed by atoms with Gasteiger partial charge in [0.2, 0.25) is 0 Å². The van der Waals surface area contributed by atoms with Gasteiger partial charge < -0.3 is 4.84 Å². The van der Waals surface area contributed by atoms with Gasteiger partial charge in [-0.15, -0.1) is 0 Å². The molecule has 2 rings (SSSR count). The number of rotatable bonds is 1. The number of carbonyl (C=O) groups excluding carboxylic acids is 1. The normalized spacial score (nSPS) is 18.5. The highest BCUT2D eigenvalue weighted by Gasteiger charge is 2.44. The summed E-state index contributed by atoms with van der Waals surface area (Å²) in [6, 6.07) is 2.51. The molecule has 0 aromatic heterocycles. The van der Waals surface area contributed by atoms with E-state index in [1.807, 2.05) is 0 Å². The van der Waals surface area contributed by atoms with Gasteiger partial charge in [-0.1, -0.05) is 22.8 Å². The maximum Gasteiger partial charge on any atom is 0.472 e. The van der Waals surface area contributed by atoms with Crippen molar-refractivity contribution < 1.29 is 35.8 Å². The van der Waals surface area contributed by atoms with Crippen molar-refractivity contribution in [2.75, 3.05) is 0 Å². The Morgan fingerprint density at radius 3 is 2.27 bits per heavy atom. The fraction of sp³-hybridized carbons (Fsp3) is 0.357. The molecule has 0 bridgehead atoms. The molecule has 0 aliphatic carbocycles. The Labute approximate surface area is 150 Å². The third-order valence-corrected chi connectivity index (χ3v) is 6.11. The van der Waals surface area contributed by atoms with Gasteiger partial charge in [-0.2, -0.15) is 13.2 Å². The number of alkyl halides is 3. The van der Waals surface area contributed by atoms with Crippen LogP contribution in [-0.2, 0) is 19.3 Å². The predicted molar refractivity (Wildman–Crippen MR) is 85.9 cm³/mol. The zero-order valence-electron chi connectivity index (χ0n) is 13.3. The van der Waals surface area contributed by atoms with Gasteiger partial charge in [0, 0.05) is 6.42 Å². The van der Waals surface area contributed by atoms with Crippen LogP contribution in [0.15, 0.2) is 23.4 Å². The van der Waals surface area contributed by atoms with Crippen molar-refractivity contribution in [2.45, 2.75) is 32.0 Å². The van der Waals surface area contributed by atoms with Gasteiger partial charge in [0.1, 0.15) is 31.3 Å². The molecule has 0 spiro atoms. The molecule has 1 aromatic rings. The van der Waals surface area contributed by atoms with Gasteiger partial charge in [0.25, 0.3) is 0 Å². The van der Waals surface area contributed by atoms with Gasteiger partial charge in [0.05, 0.1) is 5.56 Å². The van der Waals surface area contributed by atoms with Crippen LogP contribution in [-0.4, -0.2) is 31.3 Å². The molecule has 26 heavy (non-hydrogen) atoms. The van der Waals surface area contributed by atoms with Gasteiger partial charge in [-0.25, -0.2) is 13.0 Å². The number of hydrogen-bond donors (Lipinski definition) is 1. The summed E-state index contributed by atoms with van der Waals surface area (Å²) in [5.41, 5.74) is -2.10. The lowest BCUT2D eigenvalue weighted by Gasteiger charge is -2.18. The third kappa shape index (κ3) is 3.93. The fourth-order valence-electron chi connectivity index (χ4n) is 1.98. The zero-order valence-corrected chi connectivity index (χ0v) is 14.9. The second-order valence-electron chi connectivity index (χ2n) is 5.87. The Morgan fingerprint density at radius 2 is 1.85 bits per heavy atom. The monoisotopic (exact) mass is 418 g/mol. The van der Waals surface area contributed by atoms with Crippen molar-refractivity contribution in [3.63, 3.8) is 0 Å². The molecule has 0 radical (unpaired) electrons. The molecule has 1 unspecified atom stereocenters. The molecule has 12 heteroatoms. The molecular formula is C14H12ClF5N2O3S. The van der Waals surface area contributed by atoms with Crippen molar-refractivity contribution in [2.24, 2.45) is 5.16 Å². The smallest absolute Gasteiger partial charge is 0.389 e. The molecule has 0 saturated carbocycles. The molecule has 0 saturated heterocycles. The van der Waals surface area contributed by atoms with Crippen LogP contribution in [0.4, 0.5) is 22.0 Å². The summed E-state index contributed by atoms with van der Waals surface area (Å²) >= 11 is 5.83. The van der Waals surface area contributed by atoms with Crippen molar-refractivity contribution in [1.29, 1.82) is 0 Å². The fourth-order valence-corrected chi connectivity index (χ4v) is 4.51. The van der Waals surface area contributed by atoms with Crippen molar-refractivity contribution in [1.82, 2.24) is 4.72 Å². The highest BCUT2D eigenvalue weighted by molar-refractivity contribution is 8.16. The summed E-state index contributed by atoms with van der Waals surface area (Å²) < 4.78 is 79.1. The van der Waals surface area contributed by atoms with Crippen LogP contribution in [0.1, 0.15) is 25.8 Å². The van der Waals surface area contributed by atoms with E-state index in [9.17, 15) is 31.0 Å². The topological polar surface area (TPSA) is 67.8 Å². The van der Waals surface area contributed by atoms with E-state index in [0.717, 1.165) is 18.2 Å². The summed E-state index contributed by atoms with van der Waals surface area (Å²) in [5.74, 6) is -5.16. The van der Waals surface area contributed by atoms with E-state index in [4.69, 9.17) is 16.4 Å². The number of halogens is 6. The van der Waals surface area contributed by atoms with Crippen molar-refractivity contribution >= 4 is 36.6 Å². The van der Waals surface area contributed by atoms with Gasteiger partial charge in [-0.05, 0) is 26.0 Å². The molecular weight excluding hydrogens is 407 g/mol. The van der Waals surface area contributed by atoms with Gasteiger partial charge in [-0.3, -0.25) is 9.52 Å². The maximum absolute atomic E-state index is 14.0. The van der Waals surface area contributed by atoms with Crippen LogP contribution < -0.4 is 4.72 Å². The molecule has 1 amide bonds. The zero-order chi connectivity index (χ0) is 19.9. The number of hydrogen-bond acceptors (Lipinski definition) is 4. The number of carbonyl (C=O) groups is 1. The molecule has 1 N–H and O–H groups in total. The second kappa shape index (κ2) is 6.69. The lowest BCUT2D eigenvalue weighted by molar-refractivity contribution is -0.171. The van der Waals surface area contributed by atoms with Crippen molar-refractivity contribution in [3.8, 4) is 0 Å². The molecule has 1 aliphatic heterocycles. The Morgan fingerprint density at radius 1 is 1.31 bits per heavy atom. The molecule has 5 nitrogen and oxygen atoms in total. The summed E-state index contributed by atoms with van der Waals surface area (Å²) in [5, 5.41) is 2.83. The molecule has 1 atom stereocenters. The average Bonchev–Trinajstić information content (AvgIpc) is 2.86. The third-order valence-electron chi connectivity index (χ3n) is 3.21. The van der Waals surface area contributed by atoms with Crippen molar-refractivity contribution in [3.05, 3.63) is 35.4 Å². The summed E-state index contributed by atoms with van der Waals surface area (Å²) in [7, 11) is -4.49. The lowest BCUT2D eigenvalue weighted by atomic mass is 10.1. The Hall–Kier alpha value is -1.88. The standard InChI is InChI=1S/C14H12ClF5N2O3S/c1-13(2)6-9(21-25-13)26(24,22-12(23)14(18,19)20)11(15)10-7(16)4-3-5-8(10)17/h3-5H,6H2,1-2H3,(H,22,23,24). The first-order chi connectivity index (χ1) is 11.8. The number of nitrogens with zero attached hydrogens (tertiary/aromatic N) is 1. The molecule has 0 fully saturated rings. The van der Waals surface area contributed by atoms with Gasteiger partial charge >= 0.3 is 12.1 Å². The van der Waals surface area contributed by atoms with E-state index < -0.39 is 54.0 Å².